The molecular formula is C26H36ClNO2. The molecule has 0 N–H and O–H groups in total. The lowest BCUT2D eigenvalue weighted by molar-refractivity contribution is -0.134. The predicted molar refractivity (Wildman–Crippen MR) is 126 cm³/mol. The first-order valence-corrected chi connectivity index (χ1v) is 11.8. The number of hydrogen-bond donors (Lipinski definition) is 0. The van der Waals surface area contributed by atoms with E-state index in [1.54, 1.807) is 12.1 Å². The molecule has 4 heteroatoms. The van der Waals surface area contributed by atoms with Crippen molar-refractivity contribution in [3.05, 3.63) is 48.2 Å². The molecular weight excluding hydrogens is 394 g/mol. The molecule has 0 saturated carbocycles. The van der Waals surface area contributed by atoms with Crippen molar-refractivity contribution < 1.29 is 9.53 Å². The lowest BCUT2D eigenvalue weighted by Gasteiger charge is -2.11. The molecule has 1 unspecified atom stereocenters. The molecule has 0 aliphatic heterocycles. The summed E-state index contributed by atoms with van der Waals surface area (Å²) in [7, 11) is 0. The summed E-state index contributed by atoms with van der Waals surface area (Å²) in [5.41, 5.74) is 3.21. The van der Waals surface area contributed by atoms with Crippen LogP contribution in [0.3, 0.4) is 0 Å². The van der Waals surface area contributed by atoms with Crippen LogP contribution in [0.15, 0.2) is 42.6 Å². The zero-order valence-corrected chi connectivity index (χ0v) is 19.5. The number of aromatic nitrogens is 1. The number of ether oxygens (including phenoxy) is 1. The van der Waals surface area contributed by atoms with Crippen molar-refractivity contribution in [1.29, 1.82) is 0 Å². The standard InChI is InChI=1S/C26H36ClNO2/c1-4-5-6-7-8-9-10-11-21-12-17-25(28-19-21)22-13-15-23(16-14-22)30-26(29)24(27)18-20(2)3/h12-17,19-20,24H,4-11,18H2,1-3H3. The van der Waals surface area contributed by atoms with Gasteiger partial charge in [0.2, 0.25) is 0 Å². The number of hydrogen-bond acceptors (Lipinski definition) is 3. The molecule has 1 aromatic carbocycles. The van der Waals surface area contributed by atoms with Gasteiger partial charge in [-0.25, -0.2) is 0 Å². The Morgan fingerprint density at radius 3 is 2.23 bits per heavy atom. The summed E-state index contributed by atoms with van der Waals surface area (Å²) in [5.74, 6) is 0.460. The summed E-state index contributed by atoms with van der Waals surface area (Å²) >= 11 is 6.11. The topological polar surface area (TPSA) is 39.2 Å². The molecule has 1 heterocycles. The van der Waals surface area contributed by atoms with E-state index in [1.165, 1.54) is 50.5 Å². The minimum absolute atomic E-state index is 0.349. The Bertz CT molecular complexity index is 741. The third-order valence-electron chi connectivity index (χ3n) is 5.20. The highest BCUT2D eigenvalue weighted by Gasteiger charge is 2.19. The molecule has 0 aliphatic rings. The van der Waals surface area contributed by atoms with E-state index in [4.69, 9.17) is 16.3 Å². The fourth-order valence-corrected chi connectivity index (χ4v) is 3.81. The van der Waals surface area contributed by atoms with E-state index in [0.717, 1.165) is 17.7 Å². The van der Waals surface area contributed by atoms with Crippen LogP contribution < -0.4 is 4.74 Å². The number of alkyl halides is 1. The van der Waals surface area contributed by atoms with Crippen molar-refractivity contribution in [2.24, 2.45) is 5.92 Å². The van der Waals surface area contributed by atoms with Gasteiger partial charge in [0.1, 0.15) is 11.1 Å². The summed E-state index contributed by atoms with van der Waals surface area (Å²) in [4.78, 5) is 16.7. The molecule has 0 fully saturated rings. The predicted octanol–water partition coefficient (Wildman–Crippen LogP) is 7.60. The SMILES string of the molecule is CCCCCCCCCc1ccc(-c2ccc(OC(=O)C(Cl)CC(C)C)cc2)nc1. The first-order valence-electron chi connectivity index (χ1n) is 11.4. The van der Waals surface area contributed by atoms with Gasteiger partial charge in [-0.1, -0.05) is 65.4 Å². The summed E-state index contributed by atoms with van der Waals surface area (Å²) in [6.07, 6.45) is 12.9. The number of carbonyl (C=O) groups is 1. The van der Waals surface area contributed by atoms with Crippen LogP contribution in [0.1, 0.15) is 77.7 Å². The van der Waals surface area contributed by atoms with Gasteiger partial charge in [0, 0.05) is 11.8 Å². The van der Waals surface area contributed by atoms with E-state index < -0.39 is 11.3 Å². The largest absolute Gasteiger partial charge is 0.425 e. The summed E-state index contributed by atoms with van der Waals surface area (Å²) in [6.45, 7) is 6.32. The maximum Gasteiger partial charge on any atom is 0.329 e. The summed E-state index contributed by atoms with van der Waals surface area (Å²) in [6, 6.07) is 11.7. The molecule has 164 valence electrons. The zero-order chi connectivity index (χ0) is 21.8. The van der Waals surface area contributed by atoms with Crippen molar-refractivity contribution >= 4 is 17.6 Å². The molecule has 2 aromatic rings. The van der Waals surface area contributed by atoms with E-state index in [9.17, 15) is 4.79 Å². The second-order valence-corrected chi connectivity index (χ2v) is 8.99. The maximum absolute atomic E-state index is 12.0. The smallest absolute Gasteiger partial charge is 0.329 e. The Balaban J connectivity index is 1.80. The summed E-state index contributed by atoms with van der Waals surface area (Å²) in [5, 5.41) is -0.616. The number of esters is 1. The Kier molecular flexibility index (Phi) is 10.9. The second-order valence-electron chi connectivity index (χ2n) is 8.47. The first-order chi connectivity index (χ1) is 14.5. The van der Waals surface area contributed by atoms with Gasteiger partial charge < -0.3 is 4.74 Å². The number of unbranched alkanes of at least 4 members (excludes halogenated alkanes) is 6. The zero-order valence-electron chi connectivity index (χ0n) is 18.7. The summed E-state index contributed by atoms with van der Waals surface area (Å²) < 4.78 is 5.38. The Labute approximate surface area is 187 Å². The Morgan fingerprint density at radius 1 is 0.967 bits per heavy atom. The average molecular weight is 430 g/mol. The highest BCUT2D eigenvalue weighted by Crippen LogP contribution is 2.22. The molecule has 2 rings (SSSR count). The van der Waals surface area contributed by atoms with Gasteiger partial charge in [-0.15, -0.1) is 11.6 Å². The van der Waals surface area contributed by atoms with Gasteiger partial charge in [0.25, 0.3) is 0 Å². The van der Waals surface area contributed by atoms with Crippen LogP contribution in [0.25, 0.3) is 11.3 Å². The molecule has 1 aromatic heterocycles. The number of halogens is 1. The maximum atomic E-state index is 12.0. The van der Waals surface area contributed by atoms with Crippen LogP contribution in [0.4, 0.5) is 0 Å². The van der Waals surface area contributed by atoms with Gasteiger partial charge in [-0.3, -0.25) is 9.78 Å². The quantitative estimate of drug-likeness (QED) is 0.142. The third-order valence-corrected chi connectivity index (χ3v) is 5.55. The monoisotopic (exact) mass is 429 g/mol. The lowest BCUT2D eigenvalue weighted by atomic mass is 10.0. The second kappa shape index (κ2) is 13.4. The van der Waals surface area contributed by atoms with Crippen LogP contribution in [-0.2, 0) is 11.2 Å². The fourth-order valence-electron chi connectivity index (χ4n) is 3.41. The first kappa shape index (κ1) is 24.4. The van der Waals surface area contributed by atoms with Crippen LogP contribution in [0.5, 0.6) is 5.75 Å². The van der Waals surface area contributed by atoms with E-state index in [2.05, 4.69) is 24.0 Å². The van der Waals surface area contributed by atoms with Crippen molar-refractivity contribution in [2.45, 2.75) is 83.9 Å². The van der Waals surface area contributed by atoms with Gasteiger partial charge >= 0.3 is 5.97 Å². The van der Waals surface area contributed by atoms with Crippen LogP contribution in [-0.4, -0.2) is 16.3 Å². The normalized spacial score (nSPS) is 12.2. The number of pyridine rings is 1. The molecule has 0 radical (unpaired) electrons. The molecule has 30 heavy (non-hydrogen) atoms. The van der Waals surface area contributed by atoms with Crippen molar-refractivity contribution in [2.75, 3.05) is 0 Å². The number of benzene rings is 1. The third kappa shape index (κ3) is 8.87. The number of carbonyl (C=O) groups excluding carboxylic acids is 1. The molecule has 0 aliphatic carbocycles. The number of aryl methyl sites for hydroxylation is 1. The molecule has 0 saturated heterocycles. The highest BCUT2D eigenvalue weighted by atomic mass is 35.5. The molecule has 0 bridgehead atoms. The fraction of sp³-hybridized carbons (Fsp3) is 0.538. The van der Waals surface area contributed by atoms with Crippen molar-refractivity contribution in [3.8, 4) is 17.0 Å². The molecule has 0 spiro atoms. The van der Waals surface area contributed by atoms with E-state index in [0.29, 0.717) is 18.1 Å². The van der Waals surface area contributed by atoms with Crippen LogP contribution in [0, 0.1) is 5.92 Å². The van der Waals surface area contributed by atoms with Crippen LogP contribution in [0.2, 0.25) is 0 Å². The lowest BCUT2D eigenvalue weighted by Crippen LogP contribution is -2.22. The Morgan fingerprint density at radius 2 is 1.63 bits per heavy atom. The van der Waals surface area contributed by atoms with E-state index >= 15 is 0 Å². The van der Waals surface area contributed by atoms with Gasteiger partial charge in [0.15, 0.2) is 0 Å². The molecule has 0 amide bonds. The van der Waals surface area contributed by atoms with Gasteiger partial charge in [0.05, 0.1) is 5.69 Å². The molecule has 3 nitrogen and oxygen atoms in total. The van der Waals surface area contributed by atoms with Crippen molar-refractivity contribution in [1.82, 2.24) is 4.98 Å². The van der Waals surface area contributed by atoms with Crippen molar-refractivity contribution in [3.63, 3.8) is 0 Å². The number of nitrogens with zero attached hydrogens (tertiary/aromatic N) is 1. The highest BCUT2D eigenvalue weighted by molar-refractivity contribution is 6.30. The minimum Gasteiger partial charge on any atom is -0.425 e. The number of rotatable bonds is 13. The van der Waals surface area contributed by atoms with E-state index in [-0.39, 0.29) is 0 Å². The van der Waals surface area contributed by atoms with Crippen LogP contribution >= 0.6 is 11.6 Å². The minimum atomic E-state index is -0.616. The average Bonchev–Trinajstić information content (AvgIpc) is 2.73. The van der Waals surface area contributed by atoms with Gasteiger partial charge in [-0.05, 0) is 61.1 Å². The molecule has 1 atom stereocenters. The Hall–Kier alpha value is -1.87. The van der Waals surface area contributed by atoms with E-state index in [1.807, 2.05) is 32.2 Å². The van der Waals surface area contributed by atoms with Gasteiger partial charge in [-0.2, -0.15) is 0 Å².